The number of amides is 1. The van der Waals surface area contributed by atoms with Gasteiger partial charge in [0.1, 0.15) is 10.6 Å². The maximum Gasteiger partial charge on any atom is 0.251 e. The van der Waals surface area contributed by atoms with Crippen LogP contribution in [0, 0.1) is 0 Å². The Morgan fingerprint density at radius 1 is 1.12 bits per heavy atom. The Hall–Kier alpha value is -1.68. The molecule has 2 aliphatic rings. The monoisotopic (exact) mass is 481 g/mol. The molecule has 3 rings (SSSR count). The molecule has 0 bridgehead atoms. The summed E-state index contributed by atoms with van der Waals surface area (Å²) >= 11 is 0. The maximum atomic E-state index is 13.4. The fraction of sp³-hybridized carbons (Fsp3) is 0.708. The third-order valence-corrected chi connectivity index (χ3v) is 8.49. The minimum Gasteiger partial charge on any atom is -0.495 e. The molecule has 0 aromatic heterocycles. The first-order valence-electron chi connectivity index (χ1n) is 11.9. The lowest BCUT2D eigenvalue weighted by atomic mass is 10.00. The predicted molar refractivity (Wildman–Crippen MR) is 128 cm³/mol. The molecule has 0 radical (unpaired) electrons. The summed E-state index contributed by atoms with van der Waals surface area (Å²) in [6, 6.07) is 4.62. The Kier molecular flexibility index (Phi) is 8.42. The predicted octanol–water partition coefficient (Wildman–Crippen LogP) is 2.88. The molecule has 2 atom stereocenters. The first-order chi connectivity index (χ1) is 15.5. The summed E-state index contributed by atoms with van der Waals surface area (Å²) in [5, 5.41) is 3.00. The van der Waals surface area contributed by atoms with Crippen LogP contribution >= 0.6 is 0 Å². The first-order valence-corrected chi connectivity index (χ1v) is 13.4. The number of carbonyl (C=O) groups excluding carboxylic acids is 1. The number of sulfonamides is 1. The van der Waals surface area contributed by atoms with Gasteiger partial charge in [-0.05, 0) is 58.7 Å². The summed E-state index contributed by atoms with van der Waals surface area (Å²) in [6.45, 7) is 11.3. The van der Waals surface area contributed by atoms with Gasteiger partial charge < -0.3 is 14.8 Å². The van der Waals surface area contributed by atoms with Crippen molar-refractivity contribution in [1.82, 2.24) is 14.5 Å². The highest BCUT2D eigenvalue weighted by atomic mass is 32.2. The fourth-order valence-electron chi connectivity index (χ4n) is 4.62. The molecule has 1 aromatic rings. The van der Waals surface area contributed by atoms with E-state index in [-0.39, 0.29) is 34.3 Å². The van der Waals surface area contributed by atoms with Crippen LogP contribution in [0.25, 0.3) is 0 Å². The van der Waals surface area contributed by atoms with Gasteiger partial charge >= 0.3 is 0 Å². The normalized spacial score (nSPS) is 23.7. The second-order valence-electron chi connectivity index (χ2n) is 9.84. The van der Waals surface area contributed by atoms with Gasteiger partial charge in [0.25, 0.3) is 5.91 Å². The van der Waals surface area contributed by atoms with Crippen LogP contribution < -0.4 is 10.1 Å². The molecule has 0 aliphatic carbocycles. The number of nitrogens with one attached hydrogen (secondary N) is 1. The molecule has 1 amide bonds. The van der Waals surface area contributed by atoms with E-state index in [1.54, 1.807) is 12.1 Å². The molecule has 33 heavy (non-hydrogen) atoms. The lowest BCUT2D eigenvalue weighted by molar-refractivity contribution is -0.0948. The van der Waals surface area contributed by atoms with E-state index in [2.05, 4.69) is 37.9 Å². The van der Waals surface area contributed by atoms with Gasteiger partial charge in [0, 0.05) is 43.8 Å². The van der Waals surface area contributed by atoms with E-state index in [1.165, 1.54) is 17.5 Å². The van der Waals surface area contributed by atoms with E-state index in [1.807, 2.05) is 0 Å². The highest BCUT2D eigenvalue weighted by molar-refractivity contribution is 7.89. The molecule has 2 unspecified atom stereocenters. The molecular formula is C24H39N3O5S. The topological polar surface area (TPSA) is 88.2 Å². The van der Waals surface area contributed by atoms with Crippen molar-refractivity contribution in [2.24, 2.45) is 0 Å². The number of hydrogen-bond acceptors (Lipinski definition) is 6. The van der Waals surface area contributed by atoms with E-state index in [4.69, 9.17) is 9.47 Å². The minimum absolute atomic E-state index is 0.0506. The lowest BCUT2D eigenvalue weighted by Gasteiger charge is -2.45. The van der Waals surface area contributed by atoms with Crippen LogP contribution in [0.15, 0.2) is 23.1 Å². The van der Waals surface area contributed by atoms with Crippen LogP contribution in [0.5, 0.6) is 5.75 Å². The number of methoxy groups -OCH3 is 1. The number of nitrogens with zero attached hydrogens (tertiary/aromatic N) is 2. The molecule has 1 aromatic carbocycles. The number of carbonyl (C=O) groups is 1. The van der Waals surface area contributed by atoms with E-state index in [0.717, 1.165) is 38.8 Å². The van der Waals surface area contributed by atoms with Crippen LogP contribution in [-0.2, 0) is 14.8 Å². The van der Waals surface area contributed by atoms with Crippen molar-refractivity contribution in [3.05, 3.63) is 23.8 Å². The maximum absolute atomic E-state index is 13.4. The molecule has 2 fully saturated rings. The van der Waals surface area contributed by atoms with Crippen molar-refractivity contribution in [3.63, 3.8) is 0 Å². The summed E-state index contributed by atoms with van der Waals surface area (Å²) in [6.07, 6.45) is 4.02. The van der Waals surface area contributed by atoms with Gasteiger partial charge in [0.2, 0.25) is 10.0 Å². The summed E-state index contributed by atoms with van der Waals surface area (Å²) in [4.78, 5) is 15.4. The molecular weight excluding hydrogens is 442 g/mol. The van der Waals surface area contributed by atoms with E-state index >= 15 is 0 Å². The molecule has 0 spiro atoms. The highest BCUT2D eigenvalue weighted by Crippen LogP contribution is 2.29. The Morgan fingerprint density at radius 3 is 2.30 bits per heavy atom. The van der Waals surface area contributed by atoms with Gasteiger partial charge in [-0.1, -0.05) is 12.8 Å². The second-order valence-corrected chi connectivity index (χ2v) is 11.7. The minimum atomic E-state index is -3.75. The lowest BCUT2D eigenvalue weighted by Crippen LogP contribution is -2.58. The average Bonchev–Trinajstić information content (AvgIpc) is 3.06. The summed E-state index contributed by atoms with van der Waals surface area (Å²) in [5.74, 6) is -0.0418. The van der Waals surface area contributed by atoms with Crippen molar-refractivity contribution in [2.45, 2.75) is 76.0 Å². The zero-order valence-electron chi connectivity index (χ0n) is 20.6. The Labute approximate surface area is 198 Å². The van der Waals surface area contributed by atoms with Crippen molar-refractivity contribution in [1.29, 1.82) is 0 Å². The van der Waals surface area contributed by atoms with Gasteiger partial charge in [-0.2, -0.15) is 4.31 Å². The van der Waals surface area contributed by atoms with Gasteiger partial charge in [-0.15, -0.1) is 0 Å². The summed E-state index contributed by atoms with van der Waals surface area (Å²) in [5.41, 5.74) is 0.0405. The van der Waals surface area contributed by atoms with Crippen LogP contribution in [-0.4, -0.2) is 81.1 Å². The van der Waals surface area contributed by atoms with Gasteiger partial charge in [0.05, 0.1) is 19.3 Å². The van der Waals surface area contributed by atoms with Gasteiger partial charge in [0.15, 0.2) is 0 Å². The van der Waals surface area contributed by atoms with Crippen molar-refractivity contribution < 1.29 is 22.7 Å². The second kappa shape index (κ2) is 10.7. The van der Waals surface area contributed by atoms with E-state index in [9.17, 15) is 13.2 Å². The van der Waals surface area contributed by atoms with Crippen LogP contribution in [0.2, 0.25) is 0 Å². The first kappa shape index (κ1) is 25.9. The molecule has 2 saturated heterocycles. The Balaban J connectivity index is 1.76. The highest BCUT2D eigenvalue weighted by Gasteiger charge is 2.34. The molecule has 2 heterocycles. The van der Waals surface area contributed by atoms with Gasteiger partial charge in [-0.3, -0.25) is 9.69 Å². The van der Waals surface area contributed by atoms with E-state index in [0.29, 0.717) is 25.2 Å². The summed E-state index contributed by atoms with van der Waals surface area (Å²) < 4.78 is 39.4. The number of ether oxygens (including phenoxy) is 2. The molecule has 2 aliphatic heterocycles. The average molecular weight is 482 g/mol. The molecule has 186 valence electrons. The van der Waals surface area contributed by atoms with Crippen LogP contribution in [0.3, 0.4) is 0 Å². The SMILES string of the molecule is COc1ccc(C(=O)NCC(C)(C)N2CC(C)OC(C)C2)cc1S(=O)(=O)N1CCCCCC1. The number of hydrogen-bond donors (Lipinski definition) is 1. The zero-order chi connectivity index (χ0) is 24.2. The number of rotatable bonds is 7. The molecule has 1 N–H and O–H groups in total. The number of benzene rings is 1. The van der Waals surface area contributed by atoms with E-state index < -0.39 is 10.0 Å². The third-order valence-electron chi connectivity index (χ3n) is 6.57. The number of morpholine rings is 1. The van der Waals surface area contributed by atoms with Crippen LogP contribution in [0.1, 0.15) is 63.7 Å². The van der Waals surface area contributed by atoms with Crippen LogP contribution in [0.4, 0.5) is 0 Å². The third kappa shape index (κ3) is 6.26. The Bertz CT molecular complexity index is 916. The van der Waals surface area contributed by atoms with Crippen molar-refractivity contribution in [3.8, 4) is 5.75 Å². The fourth-order valence-corrected chi connectivity index (χ4v) is 6.32. The largest absolute Gasteiger partial charge is 0.495 e. The molecule has 0 saturated carbocycles. The standard InChI is InChI=1S/C24H39N3O5S/c1-18-15-26(16-19(2)32-18)24(3,4)17-25-23(28)20-10-11-21(31-5)22(14-20)33(29,30)27-12-8-6-7-9-13-27/h10-11,14,18-19H,6-9,12-13,15-17H2,1-5H3,(H,25,28). The molecule has 9 heteroatoms. The summed E-state index contributed by atoms with van der Waals surface area (Å²) in [7, 11) is -2.30. The quantitative estimate of drug-likeness (QED) is 0.644. The molecule has 8 nitrogen and oxygen atoms in total. The smallest absolute Gasteiger partial charge is 0.251 e. The Morgan fingerprint density at radius 2 is 1.73 bits per heavy atom. The zero-order valence-corrected chi connectivity index (χ0v) is 21.4. The van der Waals surface area contributed by atoms with Crippen molar-refractivity contribution in [2.75, 3.05) is 39.8 Å². The van der Waals surface area contributed by atoms with Gasteiger partial charge in [-0.25, -0.2) is 8.42 Å². The van der Waals surface area contributed by atoms with Crippen molar-refractivity contribution >= 4 is 15.9 Å².